The number of rotatable bonds is 6. The molecule has 258 valence electrons. The summed E-state index contributed by atoms with van der Waals surface area (Å²) in [6, 6.07) is 70.7. The lowest BCUT2D eigenvalue weighted by Gasteiger charge is -2.27. The molecule has 11 rings (SSSR count). The number of furan rings is 2. The van der Waals surface area contributed by atoms with Gasteiger partial charge < -0.3 is 13.7 Å². The second-order valence-corrected chi connectivity index (χ2v) is 14.0. The number of anilines is 3. The highest BCUT2D eigenvalue weighted by atomic mass is 16.3. The summed E-state index contributed by atoms with van der Waals surface area (Å²) in [4.78, 5) is 2.35. The van der Waals surface area contributed by atoms with Gasteiger partial charge in [-0.3, -0.25) is 0 Å². The Labute approximate surface area is 317 Å². The average molecular weight is 704 g/mol. The summed E-state index contributed by atoms with van der Waals surface area (Å²) < 4.78 is 13.9. The fourth-order valence-electron chi connectivity index (χ4n) is 8.32. The third-order valence-corrected chi connectivity index (χ3v) is 10.9. The van der Waals surface area contributed by atoms with E-state index in [1.807, 2.05) is 12.1 Å². The van der Waals surface area contributed by atoms with Crippen LogP contribution in [0, 0.1) is 0 Å². The predicted octanol–water partition coefficient (Wildman–Crippen LogP) is 15.1. The Hall–Kier alpha value is -7.36. The number of hydrogen-bond donors (Lipinski definition) is 0. The highest BCUT2D eigenvalue weighted by molar-refractivity contribution is 6.25. The summed E-state index contributed by atoms with van der Waals surface area (Å²) in [5.74, 6) is 0. The molecule has 0 aliphatic rings. The Morgan fingerprint density at radius 3 is 1.60 bits per heavy atom. The molecule has 0 unspecified atom stereocenters. The lowest BCUT2D eigenvalue weighted by molar-refractivity contribution is 0.669. The molecule has 0 fully saturated rings. The molecule has 55 heavy (non-hydrogen) atoms. The van der Waals surface area contributed by atoms with Gasteiger partial charge in [-0.15, -0.1) is 0 Å². The fraction of sp³-hybridized carbons (Fsp3) is 0. The van der Waals surface area contributed by atoms with Crippen LogP contribution < -0.4 is 4.90 Å². The second-order valence-electron chi connectivity index (χ2n) is 14.0. The zero-order valence-electron chi connectivity index (χ0n) is 29.8. The largest absolute Gasteiger partial charge is 0.455 e. The molecule has 0 amide bonds. The maximum atomic E-state index is 7.17. The zero-order valence-corrected chi connectivity index (χ0v) is 29.8. The minimum atomic E-state index is 0.833. The van der Waals surface area contributed by atoms with E-state index >= 15 is 0 Å². The minimum Gasteiger partial charge on any atom is -0.455 e. The summed E-state index contributed by atoms with van der Waals surface area (Å²) in [7, 11) is 0. The maximum absolute atomic E-state index is 7.17. The predicted molar refractivity (Wildman–Crippen MR) is 229 cm³/mol. The van der Waals surface area contributed by atoms with Crippen LogP contribution >= 0.6 is 0 Å². The van der Waals surface area contributed by atoms with Gasteiger partial charge in [-0.2, -0.15) is 0 Å². The van der Waals surface area contributed by atoms with Crippen LogP contribution in [-0.4, -0.2) is 0 Å². The molecule has 0 spiro atoms. The molecule has 0 saturated heterocycles. The third kappa shape index (κ3) is 5.05. The van der Waals surface area contributed by atoms with Crippen LogP contribution in [-0.2, 0) is 0 Å². The van der Waals surface area contributed by atoms with Gasteiger partial charge in [-0.05, 0) is 75.7 Å². The Balaban J connectivity index is 1.26. The fourth-order valence-corrected chi connectivity index (χ4v) is 8.32. The van der Waals surface area contributed by atoms with Gasteiger partial charge in [0.1, 0.15) is 16.7 Å². The van der Waals surface area contributed by atoms with Crippen molar-refractivity contribution in [2.75, 3.05) is 4.90 Å². The van der Waals surface area contributed by atoms with Crippen LogP contribution in [0.3, 0.4) is 0 Å². The molecule has 0 bridgehead atoms. The molecule has 11 aromatic rings. The van der Waals surface area contributed by atoms with Crippen LogP contribution in [0.2, 0.25) is 0 Å². The van der Waals surface area contributed by atoms with E-state index in [0.717, 1.165) is 94.0 Å². The molecule has 0 atom stereocenters. The van der Waals surface area contributed by atoms with E-state index in [1.165, 1.54) is 11.1 Å². The first-order valence-electron chi connectivity index (χ1n) is 18.7. The average Bonchev–Trinajstić information content (AvgIpc) is 3.85. The molecular formula is C52H33NO2. The first-order valence-corrected chi connectivity index (χ1v) is 18.7. The van der Waals surface area contributed by atoms with Crippen molar-refractivity contribution in [1.29, 1.82) is 0 Å². The van der Waals surface area contributed by atoms with Gasteiger partial charge in [0.2, 0.25) is 0 Å². The van der Waals surface area contributed by atoms with E-state index in [9.17, 15) is 0 Å². The highest BCUT2D eigenvalue weighted by Crippen LogP contribution is 2.50. The summed E-state index contributed by atoms with van der Waals surface area (Å²) in [6.45, 7) is 0. The molecule has 0 aliphatic heterocycles. The molecule has 2 heterocycles. The van der Waals surface area contributed by atoms with Gasteiger partial charge in [-0.25, -0.2) is 0 Å². The molecule has 3 heteroatoms. The van der Waals surface area contributed by atoms with Crippen LogP contribution in [0.25, 0.3) is 88.0 Å². The number of benzene rings is 9. The van der Waals surface area contributed by atoms with E-state index in [-0.39, 0.29) is 0 Å². The van der Waals surface area contributed by atoms with E-state index in [2.05, 4.69) is 193 Å². The van der Waals surface area contributed by atoms with E-state index < -0.39 is 0 Å². The Morgan fingerprint density at radius 1 is 0.309 bits per heavy atom. The Morgan fingerprint density at radius 2 is 0.873 bits per heavy atom. The first kappa shape index (κ1) is 31.2. The highest BCUT2D eigenvalue weighted by Gasteiger charge is 2.26. The third-order valence-electron chi connectivity index (χ3n) is 10.9. The Bertz CT molecular complexity index is 3180. The summed E-state index contributed by atoms with van der Waals surface area (Å²) in [6.07, 6.45) is 0. The number of para-hydroxylation sites is 2. The van der Waals surface area contributed by atoms with Crippen molar-refractivity contribution >= 4 is 71.7 Å². The molecule has 3 nitrogen and oxygen atoms in total. The second kappa shape index (κ2) is 12.6. The van der Waals surface area contributed by atoms with Crippen molar-refractivity contribution < 1.29 is 8.83 Å². The van der Waals surface area contributed by atoms with Crippen molar-refractivity contribution in [2.45, 2.75) is 0 Å². The lowest BCUT2D eigenvalue weighted by Crippen LogP contribution is -2.11. The summed E-state index contributed by atoms with van der Waals surface area (Å²) in [5.41, 5.74) is 13.2. The van der Waals surface area contributed by atoms with Crippen molar-refractivity contribution in [3.05, 3.63) is 200 Å². The van der Waals surface area contributed by atoms with Gasteiger partial charge in [0, 0.05) is 32.8 Å². The van der Waals surface area contributed by atoms with Crippen molar-refractivity contribution in [1.82, 2.24) is 0 Å². The maximum Gasteiger partial charge on any atom is 0.159 e. The first-order chi connectivity index (χ1) is 27.3. The summed E-state index contributed by atoms with van der Waals surface area (Å²) in [5, 5.41) is 6.51. The number of fused-ring (bicyclic) bond motifs is 8. The Kier molecular flexibility index (Phi) is 7.17. The van der Waals surface area contributed by atoms with Gasteiger partial charge in [0.15, 0.2) is 5.58 Å². The van der Waals surface area contributed by atoms with Crippen molar-refractivity contribution in [2.24, 2.45) is 0 Å². The zero-order chi connectivity index (χ0) is 36.3. The van der Waals surface area contributed by atoms with Crippen molar-refractivity contribution in [3.8, 4) is 33.4 Å². The smallest absolute Gasteiger partial charge is 0.159 e. The molecule has 0 aliphatic carbocycles. The van der Waals surface area contributed by atoms with Gasteiger partial charge in [0.25, 0.3) is 0 Å². The van der Waals surface area contributed by atoms with Gasteiger partial charge in [-0.1, -0.05) is 158 Å². The van der Waals surface area contributed by atoms with Crippen LogP contribution in [0.1, 0.15) is 0 Å². The SMILES string of the molecule is c1ccc(-c2ccc(N(c3cccc4c3oc3ccccc34)c3ccc(-c4ccccc4)c4oc5c6ccccc6c(-c6ccccc6)cc5c34)cc2)cc1. The van der Waals surface area contributed by atoms with E-state index in [0.29, 0.717) is 0 Å². The monoisotopic (exact) mass is 703 g/mol. The van der Waals surface area contributed by atoms with Gasteiger partial charge >= 0.3 is 0 Å². The van der Waals surface area contributed by atoms with Crippen molar-refractivity contribution in [3.63, 3.8) is 0 Å². The van der Waals surface area contributed by atoms with Crippen LogP contribution in [0.5, 0.6) is 0 Å². The molecular weight excluding hydrogens is 671 g/mol. The molecule has 2 aromatic heterocycles. The standard InChI is InChI=1S/C52H33NO2/c1-4-15-34(16-5-1)35-27-29-38(30-28-35)53(47-25-14-24-43-41-22-12-13-26-48(41)54-51(43)47)46-32-31-39(36-17-6-2-7-18-36)52-49(46)45-33-44(37-19-8-3-9-20-37)40-21-10-11-23-42(40)50(45)55-52/h1-33H. The van der Waals surface area contributed by atoms with E-state index in [1.54, 1.807) is 0 Å². The molecule has 0 radical (unpaired) electrons. The normalized spacial score (nSPS) is 11.6. The number of nitrogens with zero attached hydrogens (tertiary/aromatic N) is 1. The van der Waals surface area contributed by atoms with Crippen LogP contribution in [0.15, 0.2) is 209 Å². The van der Waals surface area contributed by atoms with Crippen LogP contribution in [0.4, 0.5) is 17.1 Å². The van der Waals surface area contributed by atoms with E-state index in [4.69, 9.17) is 8.83 Å². The molecule has 0 N–H and O–H groups in total. The van der Waals surface area contributed by atoms with Gasteiger partial charge in [0.05, 0.1) is 16.8 Å². The minimum absolute atomic E-state index is 0.833. The quantitative estimate of drug-likeness (QED) is 0.173. The summed E-state index contributed by atoms with van der Waals surface area (Å²) >= 11 is 0. The number of hydrogen-bond acceptors (Lipinski definition) is 3. The topological polar surface area (TPSA) is 29.5 Å². The molecule has 9 aromatic carbocycles. The lowest BCUT2D eigenvalue weighted by atomic mass is 9.94. The molecule has 0 saturated carbocycles.